The number of carbonyl (C=O) groups excluding carboxylic acids is 2. The zero-order chi connectivity index (χ0) is 24.6. The van der Waals surface area contributed by atoms with Crippen LogP contribution in [0.1, 0.15) is 42.7 Å². The molecule has 0 aliphatic heterocycles. The van der Waals surface area contributed by atoms with E-state index in [1.165, 1.54) is 17.9 Å². The van der Waals surface area contributed by atoms with E-state index in [2.05, 4.69) is 20.0 Å². The van der Waals surface area contributed by atoms with Crippen LogP contribution in [-0.2, 0) is 21.6 Å². The van der Waals surface area contributed by atoms with E-state index in [0.717, 1.165) is 16.6 Å². The van der Waals surface area contributed by atoms with E-state index in [1.807, 2.05) is 32.2 Å². The Balaban J connectivity index is 1.87. The van der Waals surface area contributed by atoms with Gasteiger partial charge in [0.2, 0.25) is 0 Å². The van der Waals surface area contributed by atoms with E-state index < -0.39 is 28.3 Å². The standard InChI is InChI=1S/C24H29N5O5/c1-5-34-23(33)17-10-24(9-14(17)2,29-11-15(3)16-7-6-8-26-21(16)29)13-28-12-18(30)20(31)19(27-28)22(32)25-4/h6-8,11-12,14,17,30H,5,9-10,13H2,1-4H3,(H,25,32)/t14-,17?,24?/m0/s1. The van der Waals surface area contributed by atoms with Crippen LogP contribution in [0.4, 0.5) is 0 Å². The van der Waals surface area contributed by atoms with E-state index in [4.69, 9.17) is 4.74 Å². The molecule has 3 aromatic rings. The summed E-state index contributed by atoms with van der Waals surface area (Å²) < 4.78 is 8.83. The number of esters is 1. The van der Waals surface area contributed by atoms with Crippen LogP contribution in [0.15, 0.2) is 35.5 Å². The summed E-state index contributed by atoms with van der Waals surface area (Å²) >= 11 is 0. The minimum Gasteiger partial charge on any atom is -0.503 e. The smallest absolute Gasteiger partial charge is 0.309 e. The predicted octanol–water partition coefficient (Wildman–Crippen LogP) is 1.97. The van der Waals surface area contributed by atoms with Crippen molar-refractivity contribution < 1.29 is 19.4 Å². The molecule has 34 heavy (non-hydrogen) atoms. The van der Waals surface area contributed by atoms with Gasteiger partial charge in [0.15, 0.2) is 11.4 Å². The molecule has 3 heterocycles. The Hall–Kier alpha value is -3.69. The lowest BCUT2D eigenvalue weighted by atomic mass is 9.95. The average molecular weight is 468 g/mol. The minimum absolute atomic E-state index is 0.00640. The largest absolute Gasteiger partial charge is 0.503 e. The lowest BCUT2D eigenvalue weighted by Gasteiger charge is -2.33. The Morgan fingerprint density at radius 2 is 2.09 bits per heavy atom. The van der Waals surface area contributed by atoms with Gasteiger partial charge in [-0.2, -0.15) is 5.10 Å². The predicted molar refractivity (Wildman–Crippen MR) is 125 cm³/mol. The quantitative estimate of drug-likeness (QED) is 0.531. The van der Waals surface area contributed by atoms with Gasteiger partial charge in [-0.3, -0.25) is 19.1 Å². The lowest BCUT2D eigenvalue weighted by Crippen LogP contribution is -2.38. The summed E-state index contributed by atoms with van der Waals surface area (Å²) in [6.45, 7) is 6.31. The average Bonchev–Trinajstić information content (AvgIpc) is 3.33. The molecular weight excluding hydrogens is 438 g/mol. The van der Waals surface area contributed by atoms with Gasteiger partial charge in [0.25, 0.3) is 11.3 Å². The number of hydrogen-bond acceptors (Lipinski definition) is 7. The first-order valence-electron chi connectivity index (χ1n) is 11.3. The monoisotopic (exact) mass is 467 g/mol. The molecule has 1 fully saturated rings. The van der Waals surface area contributed by atoms with Gasteiger partial charge in [-0.15, -0.1) is 0 Å². The summed E-state index contributed by atoms with van der Waals surface area (Å²) in [6.07, 6.45) is 6.03. The molecule has 0 saturated heterocycles. The van der Waals surface area contributed by atoms with Crippen molar-refractivity contribution >= 4 is 22.9 Å². The number of nitrogens with zero attached hydrogens (tertiary/aromatic N) is 4. The highest BCUT2D eigenvalue weighted by Gasteiger charge is 2.49. The van der Waals surface area contributed by atoms with Crippen molar-refractivity contribution in [2.75, 3.05) is 13.7 Å². The van der Waals surface area contributed by atoms with Gasteiger partial charge >= 0.3 is 5.97 Å². The Morgan fingerprint density at radius 1 is 1.32 bits per heavy atom. The van der Waals surface area contributed by atoms with Crippen LogP contribution in [0.2, 0.25) is 0 Å². The molecule has 1 saturated carbocycles. The molecule has 1 aliphatic carbocycles. The second-order valence-electron chi connectivity index (χ2n) is 8.99. The molecule has 10 heteroatoms. The van der Waals surface area contributed by atoms with Gasteiger partial charge in [-0.1, -0.05) is 6.92 Å². The van der Waals surface area contributed by atoms with Crippen LogP contribution in [0.25, 0.3) is 11.0 Å². The number of nitrogens with one attached hydrogen (secondary N) is 1. The molecule has 180 valence electrons. The zero-order valence-electron chi connectivity index (χ0n) is 19.7. The van der Waals surface area contributed by atoms with Crippen LogP contribution >= 0.6 is 0 Å². The number of pyridine rings is 1. The van der Waals surface area contributed by atoms with Crippen molar-refractivity contribution in [3.8, 4) is 5.75 Å². The fourth-order valence-electron chi connectivity index (χ4n) is 5.16. The molecule has 0 aromatic carbocycles. The number of rotatable bonds is 6. The first kappa shape index (κ1) is 23.5. The third-order valence-corrected chi connectivity index (χ3v) is 6.70. The van der Waals surface area contributed by atoms with Gasteiger partial charge in [0, 0.05) is 24.8 Å². The van der Waals surface area contributed by atoms with Gasteiger partial charge < -0.3 is 19.7 Å². The molecule has 2 N–H and O–H groups in total. The minimum atomic E-state index is -0.835. The number of ether oxygens (including phenoxy) is 1. The topological polar surface area (TPSA) is 128 Å². The summed E-state index contributed by atoms with van der Waals surface area (Å²) in [5, 5.41) is 17.9. The molecule has 2 unspecified atom stereocenters. The third kappa shape index (κ3) is 3.93. The first-order valence-corrected chi connectivity index (χ1v) is 11.3. The second-order valence-corrected chi connectivity index (χ2v) is 8.99. The molecular formula is C24H29N5O5. The maximum atomic E-state index is 12.8. The van der Waals surface area contributed by atoms with Gasteiger partial charge in [-0.25, -0.2) is 4.98 Å². The zero-order valence-corrected chi connectivity index (χ0v) is 19.7. The van der Waals surface area contributed by atoms with E-state index in [-0.39, 0.29) is 24.3 Å². The number of aromatic hydroxyl groups is 1. The van der Waals surface area contributed by atoms with E-state index in [1.54, 1.807) is 13.1 Å². The molecule has 1 aliphatic rings. The number of hydrogen-bond donors (Lipinski definition) is 2. The van der Waals surface area contributed by atoms with E-state index in [0.29, 0.717) is 19.4 Å². The van der Waals surface area contributed by atoms with Gasteiger partial charge in [0.05, 0.1) is 30.8 Å². The highest BCUT2D eigenvalue weighted by atomic mass is 16.5. The van der Waals surface area contributed by atoms with Crippen molar-refractivity contribution in [2.24, 2.45) is 11.8 Å². The Morgan fingerprint density at radius 3 is 2.79 bits per heavy atom. The van der Waals surface area contributed by atoms with E-state index in [9.17, 15) is 19.5 Å². The second kappa shape index (κ2) is 8.92. The summed E-state index contributed by atoms with van der Waals surface area (Å²) in [5.41, 5.74) is -0.0772. The number of amides is 1. The van der Waals surface area contributed by atoms with Crippen LogP contribution in [0, 0.1) is 18.8 Å². The Kier molecular flexibility index (Phi) is 6.16. The Bertz CT molecular complexity index is 1310. The molecule has 1 amide bonds. The van der Waals surface area contributed by atoms with Crippen molar-refractivity contribution in [1.82, 2.24) is 24.6 Å². The van der Waals surface area contributed by atoms with Crippen LogP contribution in [0.3, 0.4) is 0 Å². The molecule has 0 bridgehead atoms. The lowest BCUT2D eigenvalue weighted by molar-refractivity contribution is -0.149. The summed E-state index contributed by atoms with van der Waals surface area (Å²) in [7, 11) is 1.39. The molecule has 0 radical (unpaired) electrons. The first-order chi connectivity index (χ1) is 16.2. The molecule has 0 spiro atoms. The van der Waals surface area contributed by atoms with Gasteiger partial charge in [-0.05, 0) is 50.3 Å². The normalized spacial score (nSPS) is 22.1. The molecule has 10 nitrogen and oxygen atoms in total. The summed E-state index contributed by atoms with van der Waals surface area (Å²) in [4.78, 5) is 41.9. The molecule has 3 atom stereocenters. The highest BCUT2D eigenvalue weighted by molar-refractivity contribution is 5.92. The van der Waals surface area contributed by atoms with Crippen molar-refractivity contribution in [1.29, 1.82) is 0 Å². The van der Waals surface area contributed by atoms with Crippen LogP contribution in [0.5, 0.6) is 5.75 Å². The fraction of sp³-hybridized carbons (Fsp3) is 0.458. The molecule has 3 aromatic heterocycles. The maximum absolute atomic E-state index is 12.8. The van der Waals surface area contributed by atoms with Crippen molar-refractivity contribution in [3.63, 3.8) is 0 Å². The van der Waals surface area contributed by atoms with E-state index >= 15 is 0 Å². The Labute approximate surface area is 196 Å². The van der Waals surface area contributed by atoms with Crippen molar-refractivity contribution in [2.45, 2.75) is 45.7 Å². The third-order valence-electron chi connectivity index (χ3n) is 6.70. The molecule has 4 rings (SSSR count). The SMILES string of the molecule is CCOC(=O)C1CC(Cn2cc(O)c(=O)c(C(=O)NC)n2)(n2cc(C)c3cccnc32)C[C@@H]1C. The van der Waals surface area contributed by atoms with Crippen molar-refractivity contribution in [3.05, 3.63) is 52.2 Å². The fourth-order valence-corrected chi connectivity index (χ4v) is 5.16. The highest BCUT2D eigenvalue weighted by Crippen LogP contribution is 2.47. The van der Waals surface area contributed by atoms with Gasteiger partial charge in [0.1, 0.15) is 5.65 Å². The number of fused-ring (bicyclic) bond motifs is 1. The number of aromatic nitrogens is 4. The summed E-state index contributed by atoms with van der Waals surface area (Å²) in [5.74, 6) is -1.83. The maximum Gasteiger partial charge on any atom is 0.309 e. The van der Waals surface area contributed by atoms with Crippen LogP contribution in [-0.4, -0.2) is 50.0 Å². The summed E-state index contributed by atoms with van der Waals surface area (Å²) in [6, 6.07) is 3.87. The number of carbonyl (C=O) groups is 2. The van der Waals surface area contributed by atoms with Crippen LogP contribution < -0.4 is 10.7 Å². The number of aryl methyl sites for hydroxylation is 1.